The van der Waals surface area contributed by atoms with Crippen molar-refractivity contribution in [2.45, 2.75) is 13.3 Å². The van der Waals surface area contributed by atoms with Crippen molar-refractivity contribution in [2.24, 2.45) is 0 Å². The van der Waals surface area contributed by atoms with E-state index in [1.54, 1.807) is 11.3 Å². The van der Waals surface area contributed by atoms with E-state index in [2.05, 4.69) is 43.1 Å². The molecule has 0 aliphatic heterocycles. The van der Waals surface area contributed by atoms with Gasteiger partial charge in [-0.2, -0.15) is 0 Å². The highest BCUT2D eigenvalue weighted by molar-refractivity contribution is 7.09. The number of aryl methyl sites for hydroxylation is 1. The number of thiophene rings is 1. The molecule has 0 saturated heterocycles. The molecule has 0 aliphatic rings. The van der Waals surface area contributed by atoms with Crippen molar-refractivity contribution in [2.75, 3.05) is 22.9 Å². The van der Waals surface area contributed by atoms with Crippen LogP contribution in [-0.2, 0) is 6.42 Å². The highest BCUT2D eigenvalue weighted by Crippen LogP contribution is 2.25. The second kappa shape index (κ2) is 7.06. The van der Waals surface area contributed by atoms with Crippen molar-refractivity contribution in [3.05, 3.63) is 52.6 Å². The lowest BCUT2D eigenvalue weighted by atomic mass is 10.3. The van der Waals surface area contributed by atoms with Crippen LogP contribution >= 0.6 is 11.3 Å². The number of nitrogens with one attached hydrogen (secondary N) is 2. The molecule has 23 heavy (non-hydrogen) atoms. The monoisotopic (exact) mass is 326 g/mol. The van der Waals surface area contributed by atoms with E-state index in [0.717, 1.165) is 18.7 Å². The molecule has 0 radical (unpaired) electrons. The number of aromatic nitrogens is 3. The zero-order chi connectivity index (χ0) is 16.1. The lowest BCUT2D eigenvalue weighted by Crippen LogP contribution is -2.10. The van der Waals surface area contributed by atoms with Gasteiger partial charge in [-0.3, -0.25) is 0 Å². The van der Waals surface area contributed by atoms with Gasteiger partial charge in [0.05, 0.1) is 0 Å². The van der Waals surface area contributed by atoms with E-state index < -0.39 is 0 Å². The second-order valence-electron chi connectivity index (χ2n) is 5.03. The predicted octanol–water partition coefficient (Wildman–Crippen LogP) is 3.22. The minimum Gasteiger partial charge on any atom is -0.393 e. The zero-order valence-electron chi connectivity index (χ0n) is 12.8. The second-order valence-corrected chi connectivity index (χ2v) is 6.06. The van der Waals surface area contributed by atoms with E-state index in [0.29, 0.717) is 23.1 Å². The highest BCUT2D eigenvalue weighted by Gasteiger charge is 2.08. The molecule has 0 amide bonds. The normalized spacial score (nSPS) is 10.5. The number of nitrogens with two attached hydrogens (primary N) is 1. The third-order valence-electron chi connectivity index (χ3n) is 3.26. The van der Waals surface area contributed by atoms with E-state index in [-0.39, 0.29) is 0 Å². The number of hydrogen-bond donors (Lipinski definition) is 3. The number of anilines is 4. The molecular formula is C16H18N6S. The molecule has 0 spiro atoms. The maximum atomic E-state index is 6.15. The largest absolute Gasteiger partial charge is 0.393 e. The first-order valence-corrected chi connectivity index (χ1v) is 8.18. The summed E-state index contributed by atoms with van der Waals surface area (Å²) in [6.07, 6.45) is 2.42. The maximum Gasteiger partial charge on any atom is 0.160 e. The van der Waals surface area contributed by atoms with Crippen LogP contribution in [0.25, 0.3) is 0 Å². The Labute approximate surface area is 138 Å². The van der Waals surface area contributed by atoms with Gasteiger partial charge in [-0.15, -0.1) is 11.3 Å². The summed E-state index contributed by atoms with van der Waals surface area (Å²) in [4.78, 5) is 14.1. The van der Waals surface area contributed by atoms with Gasteiger partial charge in [-0.25, -0.2) is 15.0 Å². The van der Waals surface area contributed by atoms with Crippen LogP contribution in [0.1, 0.15) is 10.6 Å². The van der Waals surface area contributed by atoms with E-state index >= 15 is 0 Å². The highest BCUT2D eigenvalue weighted by atomic mass is 32.1. The van der Waals surface area contributed by atoms with Gasteiger partial charge in [0.2, 0.25) is 0 Å². The summed E-state index contributed by atoms with van der Waals surface area (Å²) in [6.45, 7) is 2.70. The Morgan fingerprint density at radius 2 is 2.00 bits per heavy atom. The van der Waals surface area contributed by atoms with Gasteiger partial charge in [-0.05, 0) is 36.9 Å². The van der Waals surface area contributed by atoms with Crippen LogP contribution in [0.4, 0.5) is 23.1 Å². The number of hydrogen-bond acceptors (Lipinski definition) is 7. The van der Waals surface area contributed by atoms with Crippen LogP contribution in [0.15, 0.2) is 42.0 Å². The van der Waals surface area contributed by atoms with Crippen LogP contribution in [0, 0.1) is 6.92 Å². The summed E-state index contributed by atoms with van der Waals surface area (Å²) in [7, 11) is 0. The molecule has 3 heterocycles. The molecule has 3 aromatic heterocycles. The molecule has 0 saturated carbocycles. The molecule has 0 unspecified atom stereocenters. The summed E-state index contributed by atoms with van der Waals surface area (Å²) >= 11 is 1.74. The average molecular weight is 326 g/mol. The third-order valence-corrected chi connectivity index (χ3v) is 4.20. The number of nitrogens with zero attached hydrogens (tertiary/aromatic N) is 3. The summed E-state index contributed by atoms with van der Waals surface area (Å²) < 4.78 is 0. The molecule has 7 heteroatoms. The van der Waals surface area contributed by atoms with Crippen molar-refractivity contribution in [1.82, 2.24) is 15.0 Å². The first-order valence-electron chi connectivity index (χ1n) is 7.30. The van der Waals surface area contributed by atoms with Crippen molar-refractivity contribution in [1.29, 1.82) is 0 Å². The van der Waals surface area contributed by atoms with Gasteiger partial charge in [-0.1, -0.05) is 12.1 Å². The Morgan fingerprint density at radius 3 is 2.78 bits per heavy atom. The third kappa shape index (κ3) is 3.95. The fourth-order valence-corrected chi connectivity index (χ4v) is 2.84. The van der Waals surface area contributed by atoms with Crippen molar-refractivity contribution in [3.8, 4) is 0 Å². The van der Waals surface area contributed by atoms with Gasteiger partial charge < -0.3 is 16.4 Å². The Balaban J connectivity index is 1.68. The first-order chi connectivity index (χ1) is 11.2. The zero-order valence-corrected chi connectivity index (χ0v) is 13.6. The molecule has 118 valence electrons. The first kappa shape index (κ1) is 15.2. The van der Waals surface area contributed by atoms with Crippen LogP contribution in [0.2, 0.25) is 0 Å². The molecule has 3 rings (SSSR count). The molecule has 3 aromatic rings. The van der Waals surface area contributed by atoms with Gasteiger partial charge in [0, 0.05) is 17.1 Å². The molecule has 0 atom stereocenters. The molecular weight excluding hydrogens is 308 g/mol. The van der Waals surface area contributed by atoms with E-state index in [1.807, 2.05) is 25.1 Å². The SMILES string of the molecule is Cc1cccc(Nc2ncnc(NCCc3cccs3)c2N)n1. The van der Waals surface area contributed by atoms with Crippen molar-refractivity contribution in [3.63, 3.8) is 0 Å². The van der Waals surface area contributed by atoms with Gasteiger partial charge >= 0.3 is 0 Å². The minimum atomic E-state index is 0.488. The molecule has 0 aliphatic carbocycles. The van der Waals surface area contributed by atoms with Gasteiger partial charge in [0.1, 0.15) is 17.8 Å². The fourth-order valence-electron chi connectivity index (χ4n) is 2.13. The smallest absolute Gasteiger partial charge is 0.160 e. The Hall–Kier alpha value is -2.67. The molecule has 6 nitrogen and oxygen atoms in total. The van der Waals surface area contributed by atoms with E-state index in [4.69, 9.17) is 5.73 Å². The maximum absolute atomic E-state index is 6.15. The summed E-state index contributed by atoms with van der Waals surface area (Å²) in [5.74, 6) is 1.89. The number of pyridine rings is 1. The average Bonchev–Trinajstić information content (AvgIpc) is 3.04. The molecule has 0 aromatic carbocycles. The summed E-state index contributed by atoms with van der Waals surface area (Å²) in [5.41, 5.74) is 7.57. The summed E-state index contributed by atoms with van der Waals surface area (Å²) in [5, 5.41) is 8.47. The van der Waals surface area contributed by atoms with Crippen LogP contribution in [-0.4, -0.2) is 21.5 Å². The predicted molar refractivity (Wildman–Crippen MR) is 95.2 cm³/mol. The van der Waals surface area contributed by atoms with Crippen molar-refractivity contribution < 1.29 is 0 Å². The molecule has 0 bridgehead atoms. The Bertz CT molecular complexity index is 772. The lowest BCUT2D eigenvalue weighted by molar-refractivity contribution is 1.02. The molecule has 4 N–H and O–H groups in total. The molecule has 0 fully saturated rings. The van der Waals surface area contributed by atoms with Gasteiger partial charge in [0.25, 0.3) is 0 Å². The number of rotatable bonds is 6. The van der Waals surface area contributed by atoms with Crippen LogP contribution in [0.3, 0.4) is 0 Å². The van der Waals surface area contributed by atoms with Crippen LogP contribution in [0.5, 0.6) is 0 Å². The van der Waals surface area contributed by atoms with E-state index in [9.17, 15) is 0 Å². The number of nitrogen functional groups attached to an aromatic ring is 1. The fraction of sp³-hybridized carbons (Fsp3) is 0.188. The minimum absolute atomic E-state index is 0.488. The standard InChI is InChI=1S/C16H18N6S/c1-11-4-2-6-13(21-11)22-16-14(17)15(19-10-20-16)18-8-7-12-5-3-9-23-12/h2-6,9-10H,7-8,17H2,1H3,(H2,18,19,20,21,22). The Morgan fingerprint density at radius 1 is 1.13 bits per heavy atom. The Kier molecular flexibility index (Phi) is 4.68. The quantitative estimate of drug-likeness (QED) is 0.644. The topological polar surface area (TPSA) is 88.8 Å². The summed E-state index contributed by atoms with van der Waals surface area (Å²) in [6, 6.07) is 9.91. The van der Waals surface area contributed by atoms with Crippen molar-refractivity contribution >= 4 is 34.5 Å². The lowest BCUT2D eigenvalue weighted by Gasteiger charge is -2.12. The van der Waals surface area contributed by atoms with Gasteiger partial charge in [0.15, 0.2) is 11.6 Å². The van der Waals surface area contributed by atoms with E-state index in [1.165, 1.54) is 11.2 Å². The van der Waals surface area contributed by atoms with Crippen LogP contribution < -0.4 is 16.4 Å².